The van der Waals surface area contributed by atoms with Gasteiger partial charge in [0, 0.05) is 13.1 Å². The van der Waals surface area contributed by atoms with Crippen LogP contribution in [-0.2, 0) is 6.54 Å². The number of aliphatic hydroxyl groups excluding tert-OH is 1. The summed E-state index contributed by atoms with van der Waals surface area (Å²) in [6, 6.07) is 12.3. The van der Waals surface area contributed by atoms with E-state index in [1.807, 2.05) is 0 Å². The van der Waals surface area contributed by atoms with Gasteiger partial charge in [0.1, 0.15) is 5.82 Å². The van der Waals surface area contributed by atoms with Crippen LogP contribution in [0, 0.1) is 19.7 Å². The monoisotopic (exact) mass is 273 g/mol. The van der Waals surface area contributed by atoms with Crippen molar-refractivity contribution < 1.29 is 9.50 Å². The third-order valence-corrected chi connectivity index (χ3v) is 3.20. The number of hydrogen-bond acceptors (Lipinski definition) is 2. The maximum Gasteiger partial charge on any atom is 0.123 e. The first-order valence-corrected chi connectivity index (χ1v) is 6.76. The largest absolute Gasteiger partial charge is 0.387 e. The number of halogens is 1. The topological polar surface area (TPSA) is 32.3 Å². The fraction of sp³-hybridized carbons (Fsp3) is 0.294. The van der Waals surface area contributed by atoms with E-state index in [-0.39, 0.29) is 5.82 Å². The molecule has 3 heteroatoms. The van der Waals surface area contributed by atoms with Crippen LogP contribution < -0.4 is 5.32 Å². The van der Waals surface area contributed by atoms with E-state index in [0.717, 1.165) is 5.56 Å². The van der Waals surface area contributed by atoms with Gasteiger partial charge in [0.15, 0.2) is 0 Å². The first-order valence-electron chi connectivity index (χ1n) is 6.76. The quantitative estimate of drug-likeness (QED) is 0.876. The van der Waals surface area contributed by atoms with E-state index in [4.69, 9.17) is 0 Å². The molecule has 0 fully saturated rings. The maximum atomic E-state index is 12.8. The first kappa shape index (κ1) is 14.7. The van der Waals surface area contributed by atoms with Crippen LogP contribution in [0.4, 0.5) is 4.39 Å². The minimum Gasteiger partial charge on any atom is -0.387 e. The molecule has 0 saturated carbocycles. The predicted octanol–water partition coefficient (Wildman–Crippen LogP) is 3.27. The third-order valence-electron chi connectivity index (χ3n) is 3.20. The van der Waals surface area contributed by atoms with Crippen molar-refractivity contribution in [2.24, 2.45) is 0 Å². The van der Waals surface area contributed by atoms with Gasteiger partial charge in [-0.1, -0.05) is 41.5 Å². The molecule has 2 rings (SSSR count). The first-order chi connectivity index (χ1) is 9.54. The van der Waals surface area contributed by atoms with Crippen molar-refractivity contribution >= 4 is 0 Å². The van der Waals surface area contributed by atoms with Crippen LogP contribution in [0.1, 0.15) is 28.4 Å². The van der Waals surface area contributed by atoms with Crippen molar-refractivity contribution in [3.8, 4) is 0 Å². The summed E-state index contributed by atoms with van der Waals surface area (Å²) in [5, 5.41) is 13.2. The Morgan fingerprint density at radius 3 is 2.25 bits per heavy atom. The lowest BCUT2D eigenvalue weighted by Gasteiger charge is -2.13. The normalized spacial score (nSPS) is 12.4. The molecule has 2 aromatic carbocycles. The highest BCUT2D eigenvalue weighted by Crippen LogP contribution is 2.13. The third kappa shape index (κ3) is 4.15. The van der Waals surface area contributed by atoms with Crippen molar-refractivity contribution in [3.05, 3.63) is 70.5 Å². The molecule has 0 bridgehead atoms. The average molecular weight is 273 g/mol. The Kier molecular flexibility index (Phi) is 4.88. The number of aliphatic hydroxyl groups is 1. The average Bonchev–Trinajstić information content (AvgIpc) is 2.38. The summed E-state index contributed by atoms with van der Waals surface area (Å²) in [5.41, 5.74) is 4.40. The molecule has 0 saturated heterocycles. The Morgan fingerprint density at radius 1 is 1.05 bits per heavy atom. The van der Waals surface area contributed by atoms with E-state index >= 15 is 0 Å². The number of hydrogen-bond donors (Lipinski definition) is 2. The number of rotatable bonds is 5. The minimum atomic E-state index is -0.624. The van der Waals surface area contributed by atoms with E-state index in [9.17, 15) is 9.50 Å². The Hall–Kier alpha value is -1.71. The Morgan fingerprint density at radius 2 is 1.65 bits per heavy atom. The molecule has 0 amide bonds. The van der Waals surface area contributed by atoms with Gasteiger partial charge < -0.3 is 10.4 Å². The highest BCUT2D eigenvalue weighted by Gasteiger charge is 2.07. The molecule has 106 valence electrons. The number of aryl methyl sites for hydroxylation is 2. The van der Waals surface area contributed by atoms with Crippen LogP contribution in [0.2, 0.25) is 0 Å². The smallest absolute Gasteiger partial charge is 0.123 e. The summed E-state index contributed by atoms with van der Waals surface area (Å²) in [6.45, 7) is 5.30. The van der Waals surface area contributed by atoms with Crippen molar-refractivity contribution in [1.82, 2.24) is 5.32 Å². The lowest BCUT2D eigenvalue weighted by Crippen LogP contribution is -2.21. The maximum absolute atomic E-state index is 12.8. The van der Waals surface area contributed by atoms with Gasteiger partial charge in [-0.05, 0) is 37.1 Å². The molecular formula is C17H20FNO. The zero-order chi connectivity index (χ0) is 14.5. The summed E-state index contributed by atoms with van der Waals surface area (Å²) in [5.74, 6) is -0.288. The Labute approximate surface area is 119 Å². The molecule has 0 aliphatic rings. The van der Waals surface area contributed by atoms with E-state index in [1.165, 1.54) is 28.8 Å². The standard InChI is InChI=1S/C17H20FNO/c1-12-7-13(2)9-14(8-12)10-19-11-17(20)15-3-5-16(18)6-4-15/h3-9,17,19-20H,10-11H2,1-2H3. The van der Waals surface area contributed by atoms with Gasteiger partial charge in [0.2, 0.25) is 0 Å². The molecule has 0 heterocycles. The molecule has 2 nitrogen and oxygen atoms in total. The molecular weight excluding hydrogens is 253 g/mol. The molecule has 0 radical (unpaired) electrons. The summed E-state index contributed by atoms with van der Waals surface area (Å²) in [7, 11) is 0. The second-order valence-electron chi connectivity index (χ2n) is 5.19. The zero-order valence-corrected chi connectivity index (χ0v) is 11.9. The Bertz CT molecular complexity index is 545. The van der Waals surface area contributed by atoms with Crippen molar-refractivity contribution in [3.63, 3.8) is 0 Å². The number of benzene rings is 2. The van der Waals surface area contributed by atoms with Crippen molar-refractivity contribution in [1.29, 1.82) is 0 Å². The molecule has 1 atom stereocenters. The van der Waals surface area contributed by atoms with Crippen LogP contribution in [0.15, 0.2) is 42.5 Å². The molecule has 0 aliphatic heterocycles. The van der Waals surface area contributed by atoms with Gasteiger partial charge in [0.05, 0.1) is 6.10 Å². The van der Waals surface area contributed by atoms with Gasteiger partial charge >= 0.3 is 0 Å². The van der Waals surface area contributed by atoms with Gasteiger partial charge in [-0.15, -0.1) is 0 Å². The van der Waals surface area contributed by atoms with Gasteiger partial charge in [-0.3, -0.25) is 0 Å². The molecule has 0 spiro atoms. The second kappa shape index (κ2) is 6.64. The van der Waals surface area contributed by atoms with E-state index < -0.39 is 6.10 Å². The summed E-state index contributed by atoms with van der Waals surface area (Å²) in [6.07, 6.45) is -0.624. The fourth-order valence-corrected chi connectivity index (χ4v) is 2.33. The van der Waals surface area contributed by atoms with Crippen LogP contribution >= 0.6 is 0 Å². The molecule has 0 aliphatic carbocycles. The molecule has 20 heavy (non-hydrogen) atoms. The highest BCUT2D eigenvalue weighted by molar-refractivity contribution is 5.28. The van der Waals surface area contributed by atoms with E-state index in [0.29, 0.717) is 13.1 Å². The lowest BCUT2D eigenvalue weighted by atomic mass is 10.1. The van der Waals surface area contributed by atoms with Crippen LogP contribution in [0.25, 0.3) is 0 Å². The SMILES string of the molecule is Cc1cc(C)cc(CNCC(O)c2ccc(F)cc2)c1. The van der Waals surface area contributed by atoms with Gasteiger partial charge in [0.25, 0.3) is 0 Å². The second-order valence-corrected chi connectivity index (χ2v) is 5.19. The number of nitrogens with one attached hydrogen (secondary N) is 1. The van der Waals surface area contributed by atoms with Crippen molar-refractivity contribution in [2.75, 3.05) is 6.54 Å². The predicted molar refractivity (Wildman–Crippen MR) is 79.0 cm³/mol. The van der Waals surface area contributed by atoms with E-state index in [2.05, 4.69) is 37.4 Å². The van der Waals surface area contributed by atoms with Crippen LogP contribution in [0.5, 0.6) is 0 Å². The summed E-state index contributed by atoms with van der Waals surface area (Å²) >= 11 is 0. The zero-order valence-electron chi connectivity index (χ0n) is 11.9. The Balaban J connectivity index is 1.87. The molecule has 0 aromatic heterocycles. The fourth-order valence-electron chi connectivity index (χ4n) is 2.33. The minimum absolute atomic E-state index is 0.288. The summed E-state index contributed by atoms with van der Waals surface area (Å²) < 4.78 is 12.8. The van der Waals surface area contributed by atoms with Crippen LogP contribution in [0.3, 0.4) is 0 Å². The van der Waals surface area contributed by atoms with Crippen LogP contribution in [-0.4, -0.2) is 11.7 Å². The summed E-state index contributed by atoms with van der Waals surface area (Å²) in [4.78, 5) is 0. The molecule has 2 N–H and O–H groups in total. The molecule has 2 aromatic rings. The van der Waals surface area contributed by atoms with Gasteiger partial charge in [-0.2, -0.15) is 0 Å². The molecule has 1 unspecified atom stereocenters. The lowest BCUT2D eigenvalue weighted by molar-refractivity contribution is 0.174. The van der Waals surface area contributed by atoms with E-state index in [1.54, 1.807) is 12.1 Å². The highest BCUT2D eigenvalue weighted by atomic mass is 19.1. The van der Waals surface area contributed by atoms with Crippen molar-refractivity contribution in [2.45, 2.75) is 26.5 Å². The van der Waals surface area contributed by atoms with Gasteiger partial charge in [-0.25, -0.2) is 4.39 Å².